The van der Waals surface area contributed by atoms with Gasteiger partial charge in [0.2, 0.25) is 0 Å². The van der Waals surface area contributed by atoms with Gasteiger partial charge in [-0.3, -0.25) is 0 Å². The van der Waals surface area contributed by atoms with Crippen LogP contribution in [-0.4, -0.2) is 16.2 Å². The Morgan fingerprint density at radius 3 is 2.48 bits per heavy atom. The summed E-state index contributed by atoms with van der Waals surface area (Å²) in [6, 6.07) is 8.11. The third-order valence-corrected chi connectivity index (χ3v) is 3.35. The highest BCUT2D eigenvalue weighted by atomic mass is 14.9. The Labute approximate surface area is 125 Å². The van der Waals surface area contributed by atoms with E-state index in [-0.39, 0.29) is 0 Å². The maximum absolute atomic E-state index is 6.94. The molecule has 0 saturated heterocycles. The summed E-state index contributed by atoms with van der Waals surface area (Å²) in [6.07, 6.45) is 3.71. The lowest BCUT2D eigenvalue weighted by molar-refractivity contribution is 0.734. The van der Waals surface area contributed by atoms with E-state index in [1.54, 1.807) is 6.92 Å². The Morgan fingerprint density at radius 2 is 2.00 bits per heavy atom. The van der Waals surface area contributed by atoms with Gasteiger partial charge in [-0.25, -0.2) is 9.97 Å². The third kappa shape index (κ3) is 4.87. The summed E-state index contributed by atoms with van der Waals surface area (Å²) in [5.74, 6) is 0.987. The molecule has 0 amide bonds. The van der Waals surface area contributed by atoms with E-state index in [9.17, 15) is 0 Å². The van der Waals surface area contributed by atoms with Gasteiger partial charge >= 0.3 is 0 Å². The number of nitrogens with zero attached hydrogens (tertiary/aromatic N) is 2. The molecule has 21 heavy (non-hydrogen) atoms. The fourth-order valence-corrected chi connectivity index (χ4v) is 1.78. The number of aryl methyl sites for hydroxylation is 1. The van der Waals surface area contributed by atoms with Gasteiger partial charge in [0.15, 0.2) is 0 Å². The quantitative estimate of drug-likeness (QED) is 0.595. The van der Waals surface area contributed by atoms with Gasteiger partial charge in [-0.05, 0) is 37.0 Å². The Balaban J connectivity index is 0.000000211. The maximum atomic E-state index is 6.94. The Bertz CT molecular complexity index is 575. The second-order valence-electron chi connectivity index (χ2n) is 4.88. The zero-order valence-corrected chi connectivity index (χ0v) is 12.8. The summed E-state index contributed by atoms with van der Waals surface area (Å²) in [6.45, 7) is 6.20. The molecule has 2 rings (SSSR count). The van der Waals surface area contributed by atoms with Crippen LogP contribution in [0.3, 0.4) is 0 Å². The van der Waals surface area contributed by atoms with Crippen LogP contribution in [0.25, 0.3) is 0 Å². The Hall–Kier alpha value is -2.43. The molecule has 112 valence electrons. The van der Waals surface area contributed by atoms with Gasteiger partial charge in [0.25, 0.3) is 0 Å². The van der Waals surface area contributed by atoms with Crippen molar-refractivity contribution in [2.45, 2.75) is 33.1 Å². The molecule has 0 aliphatic rings. The van der Waals surface area contributed by atoms with Crippen molar-refractivity contribution in [1.29, 1.82) is 5.41 Å². The average molecular weight is 285 g/mol. The maximum Gasteiger partial charge on any atom is 0.135 e. The van der Waals surface area contributed by atoms with Crippen molar-refractivity contribution in [3.05, 3.63) is 47.4 Å². The summed E-state index contributed by atoms with van der Waals surface area (Å²) in [7, 11) is 0. The van der Waals surface area contributed by atoms with Gasteiger partial charge in [0, 0.05) is 11.9 Å². The first-order valence-electron chi connectivity index (χ1n) is 6.92. The fourth-order valence-electron chi connectivity index (χ4n) is 1.78. The number of nitrogens with two attached hydrogens (primary N) is 2. The first kappa shape index (κ1) is 16.6. The van der Waals surface area contributed by atoms with E-state index in [2.05, 4.69) is 29.9 Å². The number of nitrogens with one attached hydrogen (secondary N) is 1. The van der Waals surface area contributed by atoms with Gasteiger partial charge < -0.3 is 16.9 Å². The number of nitrogen functional groups attached to an aromatic ring is 2. The summed E-state index contributed by atoms with van der Waals surface area (Å²) >= 11 is 0. The molecule has 0 aliphatic carbocycles. The van der Waals surface area contributed by atoms with Crippen molar-refractivity contribution in [3.8, 4) is 0 Å². The van der Waals surface area contributed by atoms with E-state index in [0.29, 0.717) is 17.3 Å². The van der Waals surface area contributed by atoms with Crippen LogP contribution in [0.5, 0.6) is 0 Å². The monoisotopic (exact) mass is 285 g/mol. The number of benzene rings is 1. The molecule has 0 bridgehead atoms. The normalized spacial score (nSPS) is 11.2. The van der Waals surface area contributed by atoms with Crippen molar-refractivity contribution >= 4 is 17.7 Å². The standard InChI is InChI=1S/C10H15N.C6H8N4/c1-3-8(2)9-5-4-6-10(11)7-9;1-4-5(2-7)6(8)10-3-9-4/h4-8H,3,11H2,1-2H3;2-3,7H,1H3,(H2,8,9,10). The second kappa shape index (κ2) is 7.99. The lowest BCUT2D eigenvalue weighted by atomic mass is 9.98. The first-order chi connectivity index (χ1) is 9.99. The molecule has 0 radical (unpaired) electrons. The van der Waals surface area contributed by atoms with Crippen LogP contribution in [0, 0.1) is 12.3 Å². The summed E-state index contributed by atoms with van der Waals surface area (Å²) in [4.78, 5) is 7.59. The molecule has 1 atom stereocenters. The Morgan fingerprint density at radius 1 is 1.29 bits per heavy atom. The molecule has 0 fully saturated rings. The molecule has 5 heteroatoms. The molecular weight excluding hydrogens is 262 g/mol. The second-order valence-corrected chi connectivity index (χ2v) is 4.88. The highest BCUT2D eigenvalue weighted by molar-refractivity contribution is 5.84. The molecule has 1 aromatic heterocycles. The smallest absolute Gasteiger partial charge is 0.135 e. The molecule has 5 nitrogen and oxygen atoms in total. The molecule has 0 saturated carbocycles. The molecule has 1 heterocycles. The minimum atomic E-state index is 0.363. The number of hydrogen-bond acceptors (Lipinski definition) is 5. The van der Waals surface area contributed by atoms with Gasteiger partial charge in [-0.15, -0.1) is 0 Å². The molecule has 2 aromatic rings. The SMILES string of the molecule is CCC(C)c1cccc(N)c1.Cc1ncnc(N)c1C=N. The van der Waals surface area contributed by atoms with Crippen molar-refractivity contribution < 1.29 is 0 Å². The number of hydrogen-bond donors (Lipinski definition) is 3. The van der Waals surface area contributed by atoms with Crippen LogP contribution in [0.1, 0.15) is 43.0 Å². The van der Waals surface area contributed by atoms with Crippen molar-refractivity contribution in [1.82, 2.24) is 9.97 Å². The largest absolute Gasteiger partial charge is 0.399 e. The van der Waals surface area contributed by atoms with Crippen LogP contribution in [0.2, 0.25) is 0 Å². The third-order valence-electron chi connectivity index (χ3n) is 3.35. The van der Waals surface area contributed by atoms with E-state index in [1.807, 2.05) is 18.2 Å². The number of anilines is 2. The first-order valence-corrected chi connectivity index (χ1v) is 6.92. The molecular formula is C16H23N5. The van der Waals surface area contributed by atoms with Crippen molar-refractivity contribution in [2.24, 2.45) is 0 Å². The molecule has 1 unspecified atom stereocenters. The predicted octanol–water partition coefficient (Wildman–Crippen LogP) is 3.15. The average Bonchev–Trinajstić information content (AvgIpc) is 2.47. The van der Waals surface area contributed by atoms with Crippen LogP contribution in [0.15, 0.2) is 30.6 Å². The highest BCUT2D eigenvalue weighted by Gasteiger charge is 2.01. The zero-order valence-electron chi connectivity index (χ0n) is 12.8. The van der Waals surface area contributed by atoms with Crippen LogP contribution < -0.4 is 11.5 Å². The summed E-state index contributed by atoms with van der Waals surface area (Å²) < 4.78 is 0. The number of aromatic nitrogens is 2. The van der Waals surface area contributed by atoms with Gasteiger partial charge in [-0.2, -0.15) is 0 Å². The zero-order chi connectivity index (χ0) is 15.8. The minimum absolute atomic E-state index is 0.363. The lowest BCUT2D eigenvalue weighted by Gasteiger charge is -2.08. The van der Waals surface area contributed by atoms with Crippen LogP contribution in [0.4, 0.5) is 11.5 Å². The Kier molecular flexibility index (Phi) is 6.33. The van der Waals surface area contributed by atoms with E-state index < -0.39 is 0 Å². The predicted molar refractivity (Wildman–Crippen MR) is 88.6 cm³/mol. The highest BCUT2D eigenvalue weighted by Crippen LogP contribution is 2.19. The number of rotatable bonds is 3. The topological polar surface area (TPSA) is 102 Å². The van der Waals surface area contributed by atoms with Gasteiger partial charge in [0.1, 0.15) is 12.1 Å². The van der Waals surface area contributed by atoms with Crippen molar-refractivity contribution in [2.75, 3.05) is 11.5 Å². The molecule has 5 N–H and O–H groups in total. The lowest BCUT2D eigenvalue weighted by Crippen LogP contribution is -2.00. The van der Waals surface area contributed by atoms with Crippen molar-refractivity contribution in [3.63, 3.8) is 0 Å². The molecule has 1 aromatic carbocycles. The van der Waals surface area contributed by atoms with E-state index in [1.165, 1.54) is 18.3 Å². The summed E-state index contributed by atoms with van der Waals surface area (Å²) in [5, 5.41) is 6.94. The van der Waals surface area contributed by atoms with Gasteiger partial charge in [0.05, 0.1) is 11.3 Å². The van der Waals surface area contributed by atoms with E-state index >= 15 is 0 Å². The minimum Gasteiger partial charge on any atom is -0.399 e. The van der Waals surface area contributed by atoms with E-state index in [4.69, 9.17) is 16.9 Å². The fraction of sp³-hybridized carbons (Fsp3) is 0.312. The molecule has 0 spiro atoms. The van der Waals surface area contributed by atoms with Crippen LogP contribution in [-0.2, 0) is 0 Å². The van der Waals surface area contributed by atoms with Crippen LogP contribution >= 0.6 is 0 Å². The van der Waals surface area contributed by atoms with Gasteiger partial charge in [-0.1, -0.05) is 26.0 Å². The molecule has 0 aliphatic heterocycles. The summed E-state index contributed by atoms with van der Waals surface area (Å²) in [5.41, 5.74) is 14.6. The van der Waals surface area contributed by atoms with E-state index in [0.717, 1.165) is 17.6 Å².